The van der Waals surface area contributed by atoms with Crippen LogP contribution in [0.15, 0.2) is 18.2 Å². The van der Waals surface area contributed by atoms with Crippen LogP contribution in [0.3, 0.4) is 0 Å². The van der Waals surface area contributed by atoms with E-state index in [-0.39, 0.29) is 0 Å². The van der Waals surface area contributed by atoms with Crippen molar-refractivity contribution in [3.8, 4) is 11.5 Å². The molecule has 4 heteroatoms. The van der Waals surface area contributed by atoms with Crippen molar-refractivity contribution >= 4 is 34.6 Å². The molecule has 0 spiro atoms. The Balaban J connectivity index is 3.06. The second kappa shape index (κ2) is 4.01. The van der Waals surface area contributed by atoms with Gasteiger partial charge in [0.2, 0.25) is 0 Å². The van der Waals surface area contributed by atoms with E-state index in [1.54, 1.807) is 48.3 Å². The molecule has 0 atom stereocenters. The second-order valence-electron chi connectivity index (χ2n) is 1.87. The fraction of sp³-hybridized carbons (Fsp3) is 0.143. The van der Waals surface area contributed by atoms with Crippen molar-refractivity contribution in [2.45, 2.75) is 0 Å². The molecule has 0 aliphatic carbocycles. The first-order valence-corrected chi connectivity index (χ1v) is 4.16. The predicted molar refractivity (Wildman–Crippen MR) is 52.7 cm³/mol. The lowest BCUT2D eigenvalue weighted by molar-refractivity contribution is 0.403. The molecule has 0 radical (unpaired) electrons. The largest absolute Gasteiger partial charge is 0.493 e. The second-order valence-corrected chi connectivity index (χ2v) is 2.75. The lowest BCUT2D eigenvalue weighted by Crippen LogP contribution is -1.85. The van der Waals surface area contributed by atoms with E-state index in [0.29, 0.717) is 16.5 Å². The van der Waals surface area contributed by atoms with Crippen LogP contribution in [0.1, 0.15) is 0 Å². The van der Waals surface area contributed by atoms with Crippen LogP contribution in [0.25, 0.3) is 0 Å². The molecule has 0 heterocycles. The fourth-order valence-corrected chi connectivity index (χ4v) is 1.23. The average molecular weight is 284 g/mol. The van der Waals surface area contributed by atoms with Crippen LogP contribution in [-0.2, 0) is 0 Å². The number of methoxy groups -OCH3 is 1. The third-order valence-electron chi connectivity index (χ3n) is 1.21. The van der Waals surface area contributed by atoms with Crippen LogP contribution < -0.4 is 7.80 Å². The first kappa shape index (κ1) is 8.93. The van der Waals surface area contributed by atoms with E-state index in [1.165, 1.54) is 0 Å². The Labute approximate surface area is 84.1 Å². The minimum absolute atomic E-state index is 0.638. The van der Waals surface area contributed by atoms with Gasteiger partial charge in [0.15, 0.2) is 34.5 Å². The van der Waals surface area contributed by atoms with Crippen molar-refractivity contribution in [3.05, 3.63) is 23.2 Å². The van der Waals surface area contributed by atoms with Crippen LogP contribution in [0.5, 0.6) is 11.5 Å². The maximum Gasteiger partial charge on any atom is 0.192 e. The van der Waals surface area contributed by atoms with Gasteiger partial charge >= 0.3 is 0 Å². The smallest absolute Gasteiger partial charge is 0.192 e. The quantitative estimate of drug-likeness (QED) is 0.777. The number of hydrogen-bond acceptors (Lipinski definition) is 2. The number of hydrogen-bond donors (Lipinski definition) is 0. The minimum Gasteiger partial charge on any atom is -0.493 e. The normalized spacial score (nSPS) is 9.36. The zero-order valence-electron chi connectivity index (χ0n) is 5.80. The van der Waals surface area contributed by atoms with Crippen molar-refractivity contribution < 1.29 is 7.80 Å². The van der Waals surface area contributed by atoms with Gasteiger partial charge in [-0.25, -0.2) is 0 Å². The molecule has 0 aliphatic heterocycles. The first-order chi connectivity index (χ1) is 5.27. The first-order valence-electron chi connectivity index (χ1n) is 2.90. The van der Waals surface area contributed by atoms with Crippen LogP contribution >= 0.6 is 34.6 Å². The fourth-order valence-electron chi connectivity index (χ4n) is 0.705. The summed E-state index contributed by atoms with van der Waals surface area (Å²) in [5, 5.41) is 0.638. The van der Waals surface area contributed by atoms with Crippen molar-refractivity contribution in [1.82, 2.24) is 0 Å². The predicted octanol–water partition coefficient (Wildman–Crippen LogP) is 3.08. The lowest BCUT2D eigenvalue weighted by Gasteiger charge is -2.04. The van der Waals surface area contributed by atoms with Crippen LogP contribution in [-0.4, -0.2) is 7.11 Å². The highest BCUT2D eigenvalue weighted by molar-refractivity contribution is 14.1. The van der Waals surface area contributed by atoms with E-state index < -0.39 is 0 Å². The van der Waals surface area contributed by atoms with Crippen molar-refractivity contribution in [1.29, 1.82) is 0 Å². The molecule has 11 heavy (non-hydrogen) atoms. The van der Waals surface area contributed by atoms with E-state index in [4.69, 9.17) is 19.4 Å². The zero-order chi connectivity index (χ0) is 8.27. The van der Waals surface area contributed by atoms with Gasteiger partial charge in [-0.05, 0) is 12.1 Å². The van der Waals surface area contributed by atoms with Crippen LogP contribution in [0.2, 0.25) is 5.02 Å². The van der Waals surface area contributed by atoms with Gasteiger partial charge in [0.25, 0.3) is 0 Å². The van der Waals surface area contributed by atoms with Crippen LogP contribution in [0, 0.1) is 0 Å². The number of benzene rings is 1. The van der Waals surface area contributed by atoms with Gasteiger partial charge < -0.3 is 7.80 Å². The molecule has 1 aromatic carbocycles. The van der Waals surface area contributed by atoms with E-state index in [0.717, 1.165) is 0 Å². The number of rotatable bonds is 2. The maximum absolute atomic E-state index is 5.71. The molecule has 0 unspecified atom stereocenters. The minimum atomic E-state index is 0.638. The zero-order valence-corrected chi connectivity index (χ0v) is 8.72. The Morgan fingerprint density at radius 3 is 2.64 bits per heavy atom. The van der Waals surface area contributed by atoms with Gasteiger partial charge in [-0.2, -0.15) is 0 Å². The molecule has 0 aromatic heterocycles. The highest BCUT2D eigenvalue weighted by Crippen LogP contribution is 2.30. The Morgan fingerprint density at radius 1 is 1.36 bits per heavy atom. The molecule has 0 amide bonds. The summed E-state index contributed by atoms with van der Waals surface area (Å²) in [5.74, 6) is 1.32. The molecule has 0 saturated carbocycles. The Morgan fingerprint density at radius 2 is 2.09 bits per heavy atom. The monoisotopic (exact) mass is 284 g/mol. The van der Waals surface area contributed by atoms with E-state index in [2.05, 4.69) is 0 Å². The van der Waals surface area contributed by atoms with E-state index in [9.17, 15) is 0 Å². The summed E-state index contributed by atoms with van der Waals surface area (Å²) in [7, 11) is 1.57. The summed E-state index contributed by atoms with van der Waals surface area (Å²) >= 11 is 7.51. The van der Waals surface area contributed by atoms with E-state index in [1.807, 2.05) is 0 Å². The Hall–Kier alpha value is -0.160. The molecule has 60 valence electrons. The van der Waals surface area contributed by atoms with Gasteiger partial charge in [0, 0.05) is 11.1 Å². The van der Waals surface area contributed by atoms with Gasteiger partial charge in [0.1, 0.15) is 0 Å². The number of halogens is 2. The molecular formula is C7H6ClIO2. The molecule has 0 fully saturated rings. The molecule has 0 saturated heterocycles. The maximum atomic E-state index is 5.71. The van der Waals surface area contributed by atoms with E-state index >= 15 is 0 Å². The third kappa shape index (κ3) is 2.13. The van der Waals surface area contributed by atoms with Crippen molar-refractivity contribution in [2.24, 2.45) is 0 Å². The summed E-state index contributed by atoms with van der Waals surface area (Å²) in [4.78, 5) is 0. The Kier molecular flexibility index (Phi) is 3.26. The average Bonchev–Trinajstić information content (AvgIpc) is 2.04. The lowest BCUT2D eigenvalue weighted by atomic mass is 10.3. The number of ether oxygens (including phenoxy) is 1. The standard InChI is InChI=1S/C7H6ClIO2/c1-10-7-4-5(8)2-3-6(7)11-9/h2-4H,1H3. The third-order valence-corrected chi connectivity index (χ3v) is 1.92. The van der Waals surface area contributed by atoms with Crippen molar-refractivity contribution in [2.75, 3.05) is 7.11 Å². The molecule has 2 nitrogen and oxygen atoms in total. The van der Waals surface area contributed by atoms with Crippen molar-refractivity contribution in [3.63, 3.8) is 0 Å². The molecule has 0 bridgehead atoms. The van der Waals surface area contributed by atoms with Gasteiger partial charge in [-0.15, -0.1) is 0 Å². The Bertz CT molecular complexity index is 252. The summed E-state index contributed by atoms with van der Waals surface area (Å²) in [6.07, 6.45) is 0. The van der Waals surface area contributed by atoms with Gasteiger partial charge in [-0.3, -0.25) is 0 Å². The summed E-state index contributed by atoms with van der Waals surface area (Å²) in [6, 6.07) is 5.21. The molecular weight excluding hydrogens is 278 g/mol. The molecule has 1 rings (SSSR count). The van der Waals surface area contributed by atoms with Crippen LogP contribution in [0.4, 0.5) is 0 Å². The molecule has 1 aromatic rings. The molecule has 0 aliphatic rings. The molecule has 0 N–H and O–H groups in total. The highest BCUT2D eigenvalue weighted by atomic mass is 127. The summed E-state index contributed by atoms with van der Waals surface area (Å²) in [5.41, 5.74) is 0. The van der Waals surface area contributed by atoms with Gasteiger partial charge in [-0.1, -0.05) is 11.6 Å². The topological polar surface area (TPSA) is 18.5 Å². The summed E-state index contributed by atoms with van der Waals surface area (Å²) < 4.78 is 9.98. The SMILES string of the molecule is COc1cc(Cl)ccc1OI. The summed E-state index contributed by atoms with van der Waals surface area (Å²) in [6.45, 7) is 0. The van der Waals surface area contributed by atoms with Gasteiger partial charge in [0.05, 0.1) is 7.11 Å². The highest BCUT2D eigenvalue weighted by Gasteiger charge is 2.02.